The Morgan fingerprint density at radius 3 is 2.44 bits per heavy atom. The van der Waals surface area contributed by atoms with Crippen LogP contribution in [0, 0.1) is 11.3 Å². The van der Waals surface area contributed by atoms with Crippen LogP contribution in [0.4, 0.5) is 0 Å². The standard InChI is InChI=1S/C20H18ClNO3/c1-3-13(2)25-19-9-4-14(11-18(19)21)10-17(12-22)15-5-7-16(8-6-15)20(23)24/h4-11,13H,3H2,1-2H3,(H,23,24)/b17-10+/t13-/m1/s1. The van der Waals surface area contributed by atoms with Crippen LogP contribution in [-0.4, -0.2) is 17.2 Å². The second-order valence-electron chi connectivity index (χ2n) is 5.58. The van der Waals surface area contributed by atoms with Crippen LogP contribution in [-0.2, 0) is 0 Å². The first-order chi connectivity index (χ1) is 11.9. The average Bonchev–Trinajstić information content (AvgIpc) is 2.61. The number of carboxylic acids is 1. The average molecular weight is 356 g/mol. The maximum Gasteiger partial charge on any atom is 0.335 e. The molecule has 0 saturated heterocycles. The number of nitrogens with zero attached hydrogens (tertiary/aromatic N) is 1. The van der Waals surface area contributed by atoms with Gasteiger partial charge in [-0.05, 0) is 54.8 Å². The number of hydrogen-bond donors (Lipinski definition) is 1. The summed E-state index contributed by atoms with van der Waals surface area (Å²) in [5.41, 5.74) is 2.00. The minimum absolute atomic E-state index is 0.0707. The molecule has 0 radical (unpaired) electrons. The molecule has 0 bridgehead atoms. The van der Waals surface area contributed by atoms with E-state index >= 15 is 0 Å². The quantitative estimate of drug-likeness (QED) is 0.565. The predicted octanol–water partition coefficient (Wildman–Crippen LogP) is 5.28. The summed E-state index contributed by atoms with van der Waals surface area (Å²) in [7, 11) is 0. The minimum Gasteiger partial charge on any atom is -0.489 e. The van der Waals surface area contributed by atoms with Crippen molar-refractivity contribution < 1.29 is 14.6 Å². The van der Waals surface area contributed by atoms with Crippen molar-refractivity contribution in [3.05, 3.63) is 64.2 Å². The molecule has 1 atom stereocenters. The number of hydrogen-bond acceptors (Lipinski definition) is 3. The number of halogens is 1. The second-order valence-corrected chi connectivity index (χ2v) is 5.99. The van der Waals surface area contributed by atoms with E-state index in [9.17, 15) is 10.1 Å². The lowest BCUT2D eigenvalue weighted by atomic mass is 10.0. The molecular weight excluding hydrogens is 338 g/mol. The van der Waals surface area contributed by atoms with Crippen LogP contribution in [0.25, 0.3) is 11.6 Å². The molecule has 0 unspecified atom stereocenters. The number of benzene rings is 2. The third-order valence-corrected chi connectivity index (χ3v) is 4.03. The van der Waals surface area contributed by atoms with Gasteiger partial charge in [-0.2, -0.15) is 5.26 Å². The van der Waals surface area contributed by atoms with Crippen molar-refractivity contribution in [1.29, 1.82) is 5.26 Å². The van der Waals surface area contributed by atoms with Crippen LogP contribution < -0.4 is 4.74 Å². The summed E-state index contributed by atoms with van der Waals surface area (Å²) >= 11 is 6.26. The molecule has 2 aromatic carbocycles. The van der Waals surface area contributed by atoms with E-state index in [-0.39, 0.29) is 11.7 Å². The van der Waals surface area contributed by atoms with Crippen LogP contribution in [0.15, 0.2) is 42.5 Å². The van der Waals surface area contributed by atoms with Crippen molar-refractivity contribution in [1.82, 2.24) is 0 Å². The normalized spacial score (nSPS) is 12.3. The van der Waals surface area contributed by atoms with Gasteiger partial charge in [-0.15, -0.1) is 0 Å². The van der Waals surface area contributed by atoms with Gasteiger partial charge >= 0.3 is 5.97 Å². The molecule has 2 rings (SSSR count). The van der Waals surface area contributed by atoms with Gasteiger partial charge in [0, 0.05) is 0 Å². The molecule has 0 heterocycles. The molecule has 5 heteroatoms. The molecule has 128 valence electrons. The highest BCUT2D eigenvalue weighted by molar-refractivity contribution is 6.32. The van der Waals surface area contributed by atoms with Crippen molar-refractivity contribution in [3.63, 3.8) is 0 Å². The monoisotopic (exact) mass is 355 g/mol. The Bertz CT molecular complexity index is 835. The first kappa shape index (κ1) is 18.6. The van der Waals surface area contributed by atoms with Gasteiger partial charge in [0.15, 0.2) is 0 Å². The number of carboxylic acid groups (broad SMARTS) is 1. The van der Waals surface area contributed by atoms with E-state index in [0.29, 0.717) is 21.9 Å². The molecule has 0 aliphatic carbocycles. The van der Waals surface area contributed by atoms with E-state index < -0.39 is 5.97 Å². The van der Waals surface area contributed by atoms with Crippen LogP contribution in [0.3, 0.4) is 0 Å². The Morgan fingerprint density at radius 2 is 1.92 bits per heavy atom. The molecule has 25 heavy (non-hydrogen) atoms. The van der Waals surface area contributed by atoms with Crippen LogP contribution in [0.5, 0.6) is 5.75 Å². The Kier molecular flexibility index (Phi) is 6.21. The van der Waals surface area contributed by atoms with Gasteiger partial charge < -0.3 is 9.84 Å². The van der Waals surface area contributed by atoms with Crippen molar-refractivity contribution in [2.24, 2.45) is 0 Å². The molecule has 1 N–H and O–H groups in total. The fourth-order valence-corrected chi connectivity index (χ4v) is 2.38. The Morgan fingerprint density at radius 1 is 1.28 bits per heavy atom. The molecule has 0 fully saturated rings. The molecule has 0 amide bonds. The van der Waals surface area contributed by atoms with E-state index in [4.69, 9.17) is 21.4 Å². The Labute approximate surface area is 151 Å². The van der Waals surface area contributed by atoms with Gasteiger partial charge in [0.05, 0.1) is 28.3 Å². The summed E-state index contributed by atoms with van der Waals surface area (Å²) in [6, 6.07) is 13.6. The number of rotatable bonds is 6. The summed E-state index contributed by atoms with van der Waals surface area (Å²) < 4.78 is 5.73. The number of nitriles is 1. The van der Waals surface area contributed by atoms with Crippen LogP contribution in [0.2, 0.25) is 5.02 Å². The Hall–Kier alpha value is -2.77. The predicted molar refractivity (Wildman–Crippen MR) is 98.7 cm³/mol. The van der Waals surface area contributed by atoms with Gasteiger partial charge in [-0.1, -0.05) is 36.7 Å². The van der Waals surface area contributed by atoms with Gasteiger partial charge in [0.1, 0.15) is 5.75 Å². The van der Waals surface area contributed by atoms with E-state index in [1.807, 2.05) is 19.9 Å². The molecule has 0 aromatic heterocycles. The van der Waals surface area contributed by atoms with Gasteiger partial charge in [0.25, 0.3) is 0 Å². The summed E-state index contributed by atoms with van der Waals surface area (Å²) in [5.74, 6) is -0.393. The molecule has 0 aliphatic heterocycles. The molecule has 0 saturated carbocycles. The van der Waals surface area contributed by atoms with Gasteiger partial charge in [-0.25, -0.2) is 4.79 Å². The molecule has 0 spiro atoms. The van der Waals surface area contributed by atoms with E-state index in [2.05, 4.69) is 6.07 Å². The zero-order chi connectivity index (χ0) is 18.4. The molecule has 2 aromatic rings. The van der Waals surface area contributed by atoms with Crippen LogP contribution >= 0.6 is 11.6 Å². The third-order valence-electron chi connectivity index (χ3n) is 3.73. The van der Waals surface area contributed by atoms with Gasteiger partial charge in [-0.3, -0.25) is 0 Å². The largest absolute Gasteiger partial charge is 0.489 e. The highest BCUT2D eigenvalue weighted by Crippen LogP contribution is 2.28. The van der Waals surface area contributed by atoms with E-state index in [1.165, 1.54) is 12.1 Å². The topological polar surface area (TPSA) is 70.3 Å². The fourth-order valence-electron chi connectivity index (χ4n) is 2.14. The van der Waals surface area contributed by atoms with Gasteiger partial charge in [0.2, 0.25) is 0 Å². The Balaban J connectivity index is 2.29. The third kappa shape index (κ3) is 4.85. The zero-order valence-electron chi connectivity index (χ0n) is 14.0. The summed E-state index contributed by atoms with van der Waals surface area (Å²) in [6.45, 7) is 4.00. The number of ether oxygens (including phenoxy) is 1. The van der Waals surface area contributed by atoms with Crippen molar-refractivity contribution in [2.75, 3.05) is 0 Å². The smallest absolute Gasteiger partial charge is 0.335 e. The van der Waals surface area contributed by atoms with Crippen molar-refractivity contribution in [3.8, 4) is 11.8 Å². The number of aromatic carboxylic acids is 1. The molecule has 0 aliphatic rings. The maximum absolute atomic E-state index is 10.9. The minimum atomic E-state index is -1.00. The lowest BCUT2D eigenvalue weighted by Crippen LogP contribution is -2.09. The van der Waals surface area contributed by atoms with Crippen molar-refractivity contribution >= 4 is 29.2 Å². The second kappa shape index (κ2) is 8.36. The number of allylic oxidation sites excluding steroid dienone is 1. The first-order valence-electron chi connectivity index (χ1n) is 7.86. The highest BCUT2D eigenvalue weighted by atomic mass is 35.5. The van der Waals surface area contributed by atoms with Crippen LogP contribution in [0.1, 0.15) is 41.8 Å². The maximum atomic E-state index is 10.9. The molecular formula is C20H18ClNO3. The van der Waals surface area contributed by atoms with E-state index in [1.54, 1.807) is 30.3 Å². The van der Waals surface area contributed by atoms with E-state index in [0.717, 1.165) is 12.0 Å². The fraction of sp³-hybridized carbons (Fsp3) is 0.200. The summed E-state index contributed by atoms with van der Waals surface area (Å²) in [4.78, 5) is 10.9. The highest BCUT2D eigenvalue weighted by Gasteiger charge is 2.08. The number of carbonyl (C=O) groups is 1. The first-order valence-corrected chi connectivity index (χ1v) is 8.24. The zero-order valence-corrected chi connectivity index (χ0v) is 14.7. The lowest BCUT2D eigenvalue weighted by Gasteiger charge is -2.14. The lowest BCUT2D eigenvalue weighted by molar-refractivity contribution is 0.0697. The SMILES string of the molecule is CC[C@@H](C)Oc1ccc(/C=C(\C#N)c2ccc(C(=O)O)cc2)cc1Cl. The van der Waals surface area contributed by atoms with Crippen molar-refractivity contribution in [2.45, 2.75) is 26.4 Å². The summed E-state index contributed by atoms with van der Waals surface area (Å²) in [6.07, 6.45) is 2.65. The summed E-state index contributed by atoms with van der Waals surface area (Å²) in [5, 5.41) is 18.8. The molecule has 4 nitrogen and oxygen atoms in total.